The van der Waals surface area contributed by atoms with E-state index in [1.165, 1.54) is 0 Å². The van der Waals surface area contributed by atoms with Gasteiger partial charge in [-0.1, -0.05) is 19.9 Å². The molecule has 2 unspecified atom stereocenters. The van der Waals surface area contributed by atoms with Gasteiger partial charge in [-0.25, -0.2) is 8.42 Å². The van der Waals surface area contributed by atoms with Crippen LogP contribution < -0.4 is 5.32 Å². The highest BCUT2D eigenvalue weighted by Gasteiger charge is 2.31. The minimum atomic E-state index is -3.48. The lowest BCUT2D eigenvalue weighted by Gasteiger charge is -2.34. The molecule has 0 aromatic heterocycles. The summed E-state index contributed by atoms with van der Waals surface area (Å²) in [4.78, 5) is 12.0. The molecule has 2 atom stereocenters. The van der Waals surface area contributed by atoms with Crippen molar-refractivity contribution in [2.24, 2.45) is 11.8 Å². The Kier molecular flexibility index (Phi) is 6.18. The van der Waals surface area contributed by atoms with Gasteiger partial charge in [-0.05, 0) is 48.9 Å². The molecule has 2 rings (SSSR count). The van der Waals surface area contributed by atoms with Gasteiger partial charge in [0.2, 0.25) is 15.9 Å². The highest BCUT2D eigenvalue weighted by Crippen LogP contribution is 2.27. The summed E-state index contributed by atoms with van der Waals surface area (Å²) in [6.45, 7) is 8.87. The first kappa shape index (κ1) is 18.7. The molecular weight excluding hydrogens is 324 g/mol. The number of carbonyl (C=O) groups excluding carboxylic acids is 1. The third kappa shape index (κ3) is 4.68. The average molecular weight is 350 g/mol. The molecule has 6 heteroatoms. The van der Waals surface area contributed by atoms with Crippen molar-refractivity contribution in [3.8, 4) is 0 Å². The smallest absolute Gasteiger partial charge is 0.243 e. The Bertz CT molecular complexity index is 673. The van der Waals surface area contributed by atoms with Crippen LogP contribution in [0, 0.1) is 11.8 Å². The molecular formula is C18H26N2O3S. The molecule has 1 heterocycles. The molecule has 5 nitrogen and oxygen atoms in total. The van der Waals surface area contributed by atoms with Gasteiger partial charge in [-0.2, -0.15) is 4.31 Å². The molecule has 132 valence electrons. The van der Waals surface area contributed by atoms with Crippen LogP contribution in [0.25, 0.3) is 0 Å². The first-order chi connectivity index (χ1) is 11.3. The van der Waals surface area contributed by atoms with Crippen LogP contribution in [0.4, 0.5) is 5.69 Å². The fourth-order valence-electron chi connectivity index (χ4n) is 3.12. The van der Waals surface area contributed by atoms with Gasteiger partial charge < -0.3 is 5.32 Å². The number of hydrogen-bond acceptors (Lipinski definition) is 3. The maximum atomic E-state index is 12.8. The molecule has 1 fully saturated rings. The molecule has 0 spiro atoms. The number of sulfonamides is 1. The number of anilines is 1. The van der Waals surface area contributed by atoms with Crippen molar-refractivity contribution in [2.75, 3.05) is 18.4 Å². The molecule has 1 saturated heterocycles. The minimum absolute atomic E-state index is 0.107. The van der Waals surface area contributed by atoms with Crippen molar-refractivity contribution in [2.45, 2.75) is 38.0 Å². The van der Waals surface area contributed by atoms with Gasteiger partial charge in [-0.15, -0.1) is 6.58 Å². The zero-order chi connectivity index (χ0) is 17.7. The van der Waals surface area contributed by atoms with Crippen LogP contribution in [0.5, 0.6) is 0 Å². The number of allylic oxidation sites excluding steroid dienone is 1. The van der Waals surface area contributed by atoms with Gasteiger partial charge in [-0.3, -0.25) is 4.79 Å². The van der Waals surface area contributed by atoms with Crippen LogP contribution in [0.1, 0.15) is 33.1 Å². The van der Waals surface area contributed by atoms with E-state index in [9.17, 15) is 13.2 Å². The van der Waals surface area contributed by atoms with Crippen molar-refractivity contribution >= 4 is 21.6 Å². The lowest BCUT2D eigenvalue weighted by molar-refractivity contribution is -0.116. The number of carbonyl (C=O) groups is 1. The number of rotatable bonds is 6. The van der Waals surface area contributed by atoms with Crippen molar-refractivity contribution in [1.29, 1.82) is 0 Å². The normalized spacial score (nSPS) is 22.1. The number of nitrogens with one attached hydrogen (secondary N) is 1. The number of piperidine rings is 1. The van der Waals surface area contributed by atoms with Crippen molar-refractivity contribution in [1.82, 2.24) is 4.31 Å². The zero-order valence-corrected chi connectivity index (χ0v) is 15.2. The first-order valence-electron chi connectivity index (χ1n) is 8.34. The van der Waals surface area contributed by atoms with E-state index in [1.807, 2.05) is 0 Å². The fraction of sp³-hybridized carbons (Fsp3) is 0.500. The molecule has 1 amide bonds. The van der Waals surface area contributed by atoms with Crippen LogP contribution in [-0.4, -0.2) is 31.7 Å². The highest BCUT2D eigenvalue weighted by atomic mass is 32.2. The van der Waals surface area contributed by atoms with Crippen LogP contribution in [0.3, 0.4) is 0 Å². The predicted molar refractivity (Wildman–Crippen MR) is 96.2 cm³/mol. The maximum absolute atomic E-state index is 12.8. The van der Waals surface area contributed by atoms with E-state index in [4.69, 9.17) is 0 Å². The number of benzene rings is 1. The van der Waals surface area contributed by atoms with Gasteiger partial charge in [0, 0.05) is 25.2 Å². The Morgan fingerprint density at radius 3 is 2.38 bits per heavy atom. The van der Waals surface area contributed by atoms with Gasteiger partial charge in [0.25, 0.3) is 0 Å². The monoisotopic (exact) mass is 350 g/mol. The Labute approximate surface area is 144 Å². The minimum Gasteiger partial charge on any atom is -0.326 e. The quantitative estimate of drug-likeness (QED) is 0.801. The number of nitrogens with zero attached hydrogens (tertiary/aromatic N) is 1. The van der Waals surface area contributed by atoms with E-state index in [1.54, 1.807) is 34.6 Å². The molecule has 1 N–H and O–H groups in total. The topological polar surface area (TPSA) is 66.5 Å². The average Bonchev–Trinajstić information content (AvgIpc) is 2.52. The van der Waals surface area contributed by atoms with E-state index in [0.29, 0.717) is 43.5 Å². The SMILES string of the molecule is C=CCCC(=O)Nc1ccc(S(=O)(=O)N2CC(C)CC(C)C2)cc1. The van der Waals surface area contributed by atoms with Crippen molar-refractivity contribution in [3.05, 3.63) is 36.9 Å². The van der Waals surface area contributed by atoms with E-state index in [2.05, 4.69) is 25.7 Å². The summed E-state index contributed by atoms with van der Waals surface area (Å²) in [7, 11) is -3.48. The first-order valence-corrected chi connectivity index (χ1v) is 9.78. The second-order valence-electron chi connectivity index (χ2n) is 6.67. The second kappa shape index (κ2) is 7.94. The molecule has 24 heavy (non-hydrogen) atoms. The van der Waals surface area contributed by atoms with Crippen LogP contribution >= 0.6 is 0 Å². The predicted octanol–water partition coefficient (Wildman–Crippen LogP) is 3.26. The summed E-state index contributed by atoms with van der Waals surface area (Å²) < 4.78 is 27.1. The van der Waals surface area contributed by atoms with Crippen molar-refractivity contribution < 1.29 is 13.2 Å². The van der Waals surface area contributed by atoms with E-state index in [-0.39, 0.29) is 10.8 Å². The van der Waals surface area contributed by atoms with Gasteiger partial charge in [0.05, 0.1) is 4.90 Å². The van der Waals surface area contributed by atoms with E-state index >= 15 is 0 Å². The molecule has 1 aliphatic heterocycles. The molecule has 1 aromatic carbocycles. The summed E-state index contributed by atoms with van der Waals surface area (Å²) in [6, 6.07) is 6.38. The molecule has 1 aromatic rings. The van der Waals surface area contributed by atoms with Crippen LogP contribution in [0.15, 0.2) is 41.8 Å². The lowest BCUT2D eigenvalue weighted by Crippen LogP contribution is -2.42. The largest absolute Gasteiger partial charge is 0.326 e. The van der Waals surface area contributed by atoms with Crippen LogP contribution in [-0.2, 0) is 14.8 Å². The molecule has 0 radical (unpaired) electrons. The number of hydrogen-bond donors (Lipinski definition) is 1. The Morgan fingerprint density at radius 1 is 1.25 bits per heavy atom. The zero-order valence-electron chi connectivity index (χ0n) is 14.4. The summed E-state index contributed by atoms with van der Waals surface area (Å²) in [5.74, 6) is 0.628. The summed E-state index contributed by atoms with van der Waals surface area (Å²) in [6.07, 6.45) is 3.73. The van der Waals surface area contributed by atoms with E-state index in [0.717, 1.165) is 6.42 Å². The van der Waals surface area contributed by atoms with Gasteiger partial charge in [0.15, 0.2) is 0 Å². The standard InChI is InChI=1S/C18H26N2O3S/c1-4-5-6-18(21)19-16-7-9-17(10-8-16)24(22,23)20-12-14(2)11-15(3)13-20/h4,7-10,14-15H,1,5-6,11-13H2,2-3H3,(H,19,21). The molecule has 0 bridgehead atoms. The third-order valence-electron chi connectivity index (χ3n) is 4.19. The number of amides is 1. The summed E-state index contributed by atoms with van der Waals surface area (Å²) in [5, 5.41) is 2.75. The Balaban J connectivity index is 2.08. The van der Waals surface area contributed by atoms with Crippen molar-refractivity contribution in [3.63, 3.8) is 0 Å². The van der Waals surface area contributed by atoms with Gasteiger partial charge in [0.1, 0.15) is 0 Å². The Hall–Kier alpha value is -1.66. The maximum Gasteiger partial charge on any atom is 0.243 e. The third-order valence-corrected chi connectivity index (χ3v) is 6.03. The van der Waals surface area contributed by atoms with Gasteiger partial charge >= 0.3 is 0 Å². The Morgan fingerprint density at radius 2 is 1.83 bits per heavy atom. The van der Waals surface area contributed by atoms with Crippen LogP contribution in [0.2, 0.25) is 0 Å². The molecule has 0 aliphatic carbocycles. The second-order valence-corrected chi connectivity index (χ2v) is 8.61. The van der Waals surface area contributed by atoms with E-state index < -0.39 is 10.0 Å². The summed E-state index contributed by atoms with van der Waals surface area (Å²) >= 11 is 0. The molecule has 1 aliphatic rings. The molecule has 0 saturated carbocycles. The summed E-state index contributed by atoms with van der Waals surface area (Å²) in [5.41, 5.74) is 0.600. The fourth-order valence-corrected chi connectivity index (χ4v) is 4.80. The lowest BCUT2D eigenvalue weighted by atomic mass is 9.94. The highest BCUT2D eigenvalue weighted by molar-refractivity contribution is 7.89.